The van der Waals surface area contributed by atoms with Gasteiger partial charge in [-0.1, -0.05) is 6.07 Å². The molecular formula is C14H15N3O4. The van der Waals surface area contributed by atoms with Gasteiger partial charge < -0.3 is 20.3 Å². The molecule has 0 spiro atoms. The lowest BCUT2D eigenvalue weighted by Gasteiger charge is -2.05. The van der Waals surface area contributed by atoms with Crippen LogP contribution in [-0.2, 0) is 17.6 Å². The summed E-state index contributed by atoms with van der Waals surface area (Å²) in [7, 11) is 0. The number of nitrogens with zero attached hydrogens (tertiary/aromatic N) is 2. The van der Waals surface area contributed by atoms with Crippen LogP contribution in [0.4, 0.5) is 0 Å². The monoisotopic (exact) mass is 289 g/mol. The lowest BCUT2D eigenvalue weighted by molar-refractivity contribution is -0.138. The number of aromatic nitrogens is 2. The highest BCUT2D eigenvalue weighted by atomic mass is 16.4. The van der Waals surface area contributed by atoms with Gasteiger partial charge in [0, 0.05) is 31.3 Å². The fraction of sp³-hybridized carbons (Fsp3) is 0.214. The smallest absolute Gasteiger partial charge is 0.328 e. The van der Waals surface area contributed by atoms with Crippen molar-refractivity contribution in [3.8, 4) is 11.5 Å². The van der Waals surface area contributed by atoms with Gasteiger partial charge in [-0.2, -0.15) is 0 Å². The Labute approximate surface area is 120 Å². The summed E-state index contributed by atoms with van der Waals surface area (Å²) in [5, 5.41) is 27.9. The van der Waals surface area contributed by atoms with E-state index in [2.05, 4.69) is 15.0 Å². The van der Waals surface area contributed by atoms with Crippen LogP contribution in [0.3, 0.4) is 0 Å². The van der Waals surface area contributed by atoms with Crippen molar-refractivity contribution < 1.29 is 20.1 Å². The summed E-state index contributed by atoms with van der Waals surface area (Å²) in [6, 6.07) is 3.30. The standard InChI is InChI=1S/C14H15N3O4/c18-11-2-1-9(13(19)6-11)3-4-16-12(14(20)21)5-10-7-15-8-17-10/h1-2,4,6-8,12,18-19H,3,5H2,(H,15,17)(H,20,21)/t12-/m0/s1. The minimum atomic E-state index is -1.04. The van der Waals surface area contributed by atoms with E-state index in [4.69, 9.17) is 5.11 Å². The first-order valence-electron chi connectivity index (χ1n) is 6.29. The van der Waals surface area contributed by atoms with E-state index in [9.17, 15) is 15.0 Å². The number of imidazole rings is 1. The van der Waals surface area contributed by atoms with Crippen LogP contribution >= 0.6 is 0 Å². The Morgan fingerprint density at radius 2 is 2.24 bits per heavy atom. The van der Waals surface area contributed by atoms with Crippen LogP contribution in [0.25, 0.3) is 0 Å². The number of phenolic OH excluding ortho intramolecular Hbond substituents is 2. The van der Waals surface area contributed by atoms with Gasteiger partial charge in [-0.3, -0.25) is 4.99 Å². The average Bonchev–Trinajstić information content (AvgIpc) is 2.92. The minimum Gasteiger partial charge on any atom is -0.508 e. The molecule has 0 saturated heterocycles. The SMILES string of the molecule is O=C(O)[C@H](Cc1c[nH]cn1)N=CCc1ccc(O)cc1O. The third-order valence-electron chi connectivity index (χ3n) is 2.91. The molecule has 0 aliphatic rings. The summed E-state index contributed by atoms with van der Waals surface area (Å²) in [5.74, 6) is -1.13. The molecule has 2 aromatic rings. The van der Waals surface area contributed by atoms with Crippen LogP contribution in [0.15, 0.2) is 35.7 Å². The van der Waals surface area contributed by atoms with Gasteiger partial charge in [0.25, 0.3) is 0 Å². The van der Waals surface area contributed by atoms with Gasteiger partial charge in [-0.25, -0.2) is 9.78 Å². The fourth-order valence-corrected chi connectivity index (χ4v) is 1.81. The zero-order valence-corrected chi connectivity index (χ0v) is 11.1. The Morgan fingerprint density at radius 1 is 1.43 bits per heavy atom. The lowest BCUT2D eigenvalue weighted by Crippen LogP contribution is -2.21. The van der Waals surface area contributed by atoms with Gasteiger partial charge >= 0.3 is 5.97 Å². The minimum absolute atomic E-state index is 0.0323. The summed E-state index contributed by atoms with van der Waals surface area (Å²) >= 11 is 0. The number of benzene rings is 1. The molecule has 0 fully saturated rings. The van der Waals surface area contributed by atoms with E-state index in [1.165, 1.54) is 24.7 Å². The first kappa shape index (κ1) is 14.6. The van der Waals surface area contributed by atoms with E-state index >= 15 is 0 Å². The highest BCUT2D eigenvalue weighted by Crippen LogP contribution is 2.22. The van der Waals surface area contributed by atoms with E-state index in [1.807, 2.05) is 0 Å². The third kappa shape index (κ3) is 4.07. The normalized spacial score (nSPS) is 12.6. The first-order chi connectivity index (χ1) is 10.1. The Morgan fingerprint density at radius 3 is 2.86 bits per heavy atom. The molecule has 0 aliphatic heterocycles. The van der Waals surface area contributed by atoms with E-state index in [0.29, 0.717) is 11.3 Å². The van der Waals surface area contributed by atoms with Gasteiger partial charge in [-0.15, -0.1) is 0 Å². The number of H-pyrrole nitrogens is 1. The van der Waals surface area contributed by atoms with Crippen molar-refractivity contribution in [1.82, 2.24) is 9.97 Å². The molecule has 2 rings (SSSR count). The van der Waals surface area contributed by atoms with Crippen molar-refractivity contribution in [2.24, 2.45) is 4.99 Å². The highest BCUT2D eigenvalue weighted by Gasteiger charge is 2.16. The van der Waals surface area contributed by atoms with E-state index in [-0.39, 0.29) is 24.3 Å². The van der Waals surface area contributed by atoms with Crippen molar-refractivity contribution in [2.75, 3.05) is 0 Å². The number of nitrogens with one attached hydrogen (secondary N) is 1. The van der Waals surface area contributed by atoms with Crippen molar-refractivity contribution in [1.29, 1.82) is 0 Å². The largest absolute Gasteiger partial charge is 0.508 e. The van der Waals surface area contributed by atoms with Crippen LogP contribution in [0.5, 0.6) is 11.5 Å². The van der Waals surface area contributed by atoms with Gasteiger partial charge in [0.05, 0.1) is 12.0 Å². The fourth-order valence-electron chi connectivity index (χ4n) is 1.81. The maximum atomic E-state index is 11.1. The molecule has 4 N–H and O–H groups in total. The number of carbonyl (C=O) groups is 1. The molecule has 0 unspecified atom stereocenters. The van der Waals surface area contributed by atoms with Gasteiger partial charge in [0.2, 0.25) is 0 Å². The summed E-state index contributed by atoms with van der Waals surface area (Å²) in [6.45, 7) is 0. The number of hydrogen-bond acceptors (Lipinski definition) is 5. The predicted molar refractivity (Wildman–Crippen MR) is 75.7 cm³/mol. The molecule has 1 aromatic carbocycles. The van der Waals surface area contributed by atoms with Gasteiger partial charge in [0.1, 0.15) is 11.5 Å². The number of carboxylic acid groups (broad SMARTS) is 1. The van der Waals surface area contributed by atoms with Gasteiger partial charge in [0.15, 0.2) is 6.04 Å². The Kier molecular flexibility index (Phi) is 4.55. The number of aromatic hydroxyl groups is 2. The molecule has 7 heteroatoms. The number of aromatic amines is 1. The van der Waals surface area contributed by atoms with Crippen molar-refractivity contribution in [3.05, 3.63) is 42.0 Å². The zero-order valence-electron chi connectivity index (χ0n) is 11.1. The number of rotatable bonds is 6. The second kappa shape index (κ2) is 6.56. The Bertz CT molecular complexity index is 638. The maximum absolute atomic E-state index is 11.1. The van der Waals surface area contributed by atoms with Crippen LogP contribution in [0, 0.1) is 0 Å². The molecule has 110 valence electrons. The first-order valence-corrected chi connectivity index (χ1v) is 6.29. The molecule has 7 nitrogen and oxygen atoms in total. The Balaban J connectivity index is 2.01. The van der Waals surface area contributed by atoms with E-state index < -0.39 is 12.0 Å². The molecule has 0 amide bonds. The summed E-state index contributed by atoms with van der Waals surface area (Å²) < 4.78 is 0. The number of hydrogen-bond donors (Lipinski definition) is 4. The Hall–Kier alpha value is -2.83. The van der Waals surface area contributed by atoms with Crippen molar-refractivity contribution in [2.45, 2.75) is 18.9 Å². The second-order valence-electron chi connectivity index (χ2n) is 4.47. The second-order valence-corrected chi connectivity index (χ2v) is 4.47. The van der Waals surface area contributed by atoms with E-state index in [0.717, 1.165) is 0 Å². The molecule has 21 heavy (non-hydrogen) atoms. The molecule has 1 aromatic heterocycles. The molecule has 1 atom stereocenters. The molecule has 0 saturated carbocycles. The summed E-state index contributed by atoms with van der Waals surface area (Å²) in [5.41, 5.74) is 1.17. The molecule has 0 radical (unpaired) electrons. The molecule has 0 aliphatic carbocycles. The van der Waals surface area contributed by atoms with Crippen LogP contribution < -0.4 is 0 Å². The van der Waals surface area contributed by atoms with Crippen LogP contribution in [0.1, 0.15) is 11.3 Å². The van der Waals surface area contributed by atoms with Crippen molar-refractivity contribution in [3.63, 3.8) is 0 Å². The zero-order chi connectivity index (χ0) is 15.2. The van der Waals surface area contributed by atoms with E-state index in [1.54, 1.807) is 12.3 Å². The number of carboxylic acids is 1. The third-order valence-corrected chi connectivity index (χ3v) is 2.91. The molecule has 0 bridgehead atoms. The number of aliphatic imine (C=N–C) groups is 1. The van der Waals surface area contributed by atoms with Crippen LogP contribution in [0.2, 0.25) is 0 Å². The topological polar surface area (TPSA) is 119 Å². The lowest BCUT2D eigenvalue weighted by atomic mass is 10.1. The maximum Gasteiger partial charge on any atom is 0.328 e. The average molecular weight is 289 g/mol. The predicted octanol–water partition coefficient (Wildman–Crippen LogP) is 1.13. The van der Waals surface area contributed by atoms with Crippen molar-refractivity contribution >= 4 is 12.2 Å². The highest BCUT2D eigenvalue weighted by molar-refractivity contribution is 5.77. The van der Waals surface area contributed by atoms with Crippen LogP contribution in [-0.4, -0.2) is 43.5 Å². The quantitative estimate of drug-likeness (QED) is 0.594. The van der Waals surface area contributed by atoms with Gasteiger partial charge in [-0.05, 0) is 11.6 Å². The number of aliphatic carboxylic acids is 1. The molecule has 1 heterocycles. The summed E-state index contributed by atoms with van der Waals surface area (Å²) in [4.78, 5) is 21.9. The molecular weight excluding hydrogens is 274 g/mol. The summed E-state index contributed by atoms with van der Waals surface area (Å²) in [6.07, 6.45) is 5.01. The number of phenols is 2.